The highest BCUT2D eigenvalue weighted by Crippen LogP contribution is 2.21. The second kappa shape index (κ2) is 9.92. The molecule has 1 saturated heterocycles. The number of hydrogen-bond acceptors (Lipinski definition) is 5. The van der Waals surface area contributed by atoms with E-state index in [9.17, 15) is 13.2 Å². The second-order valence-electron chi connectivity index (χ2n) is 6.87. The molecule has 0 aromatic heterocycles. The molecule has 1 amide bonds. The van der Waals surface area contributed by atoms with Crippen LogP contribution in [-0.2, 0) is 21.2 Å². The lowest BCUT2D eigenvalue weighted by Gasteiger charge is -2.27. The molecule has 1 aromatic carbocycles. The van der Waals surface area contributed by atoms with E-state index in [1.807, 2.05) is 29.2 Å². The van der Waals surface area contributed by atoms with Gasteiger partial charge in [-0.1, -0.05) is 31.9 Å². The molecule has 26 heavy (non-hydrogen) atoms. The Balaban J connectivity index is 2.00. The number of rotatable bonds is 10. The zero-order valence-corrected chi connectivity index (χ0v) is 16.6. The summed E-state index contributed by atoms with van der Waals surface area (Å²) in [6, 6.07) is 7.56. The minimum atomic E-state index is -3.00. The number of amides is 1. The standard InChI is InChI=1S/C19H30N2O4S/c1-3-4-5-11-20-19(22)14-21(17-10-12-26(23,24)15-17)13-16-6-8-18(25-2)9-7-16/h6-9,17H,3-5,10-15H2,1-2H3,(H,20,22). The van der Waals surface area contributed by atoms with Crippen molar-refractivity contribution in [2.24, 2.45) is 0 Å². The van der Waals surface area contributed by atoms with Crippen LogP contribution in [0.2, 0.25) is 0 Å². The summed E-state index contributed by atoms with van der Waals surface area (Å²) in [5, 5.41) is 2.95. The summed E-state index contributed by atoms with van der Waals surface area (Å²) in [5.74, 6) is 1.07. The number of benzene rings is 1. The maximum atomic E-state index is 12.3. The first-order valence-electron chi connectivity index (χ1n) is 9.27. The van der Waals surface area contributed by atoms with Crippen molar-refractivity contribution in [3.8, 4) is 5.75 Å². The van der Waals surface area contributed by atoms with Crippen LogP contribution in [0.3, 0.4) is 0 Å². The Morgan fingerprint density at radius 3 is 2.58 bits per heavy atom. The summed E-state index contributed by atoms with van der Waals surface area (Å²) in [4.78, 5) is 14.3. The highest BCUT2D eigenvalue weighted by atomic mass is 32.2. The van der Waals surface area contributed by atoms with Crippen molar-refractivity contribution >= 4 is 15.7 Å². The summed E-state index contributed by atoms with van der Waals surface area (Å²) in [7, 11) is -1.38. The number of carbonyl (C=O) groups is 1. The fraction of sp³-hybridized carbons (Fsp3) is 0.632. The highest BCUT2D eigenvalue weighted by Gasteiger charge is 2.33. The SMILES string of the molecule is CCCCCNC(=O)CN(Cc1ccc(OC)cc1)C1CCS(=O)(=O)C1. The van der Waals surface area contributed by atoms with E-state index in [-0.39, 0.29) is 30.0 Å². The third kappa shape index (κ3) is 6.61. The van der Waals surface area contributed by atoms with Crippen LogP contribution in [0, 0.1) is 0 Å². The van der Waals surface area contributed by atoms with E-state index in [1.165, 1.54) is 0 Å². The first kappa shape index (κ1) is 20.7. The van der Waals surface area contributed by atoms with Crippen LogP contribution in [0.15, 0.2) is 24.3 Å². The van der Waals surface area contributed by atoms with Gasteiger partial charge in [-0.25, -0.2) is 8.42 Å². The van der Waals surface area contributed by atoms with E-state index in [0.717, 1.165) is 30.6 Å². The van der Waals surface area contributed by atoms with Crippen LogP contribution >= 0.6 is 0 Å². The molecule has 7 heteroatoms. The molecule has 1 heterocycles. The zero-order valence-electron chi connectivity index (χ0n) is 15.7. The first-order valence-corrected chi connectivity index (χ1v) is 11.1. The van der Waals surface area contributed by atoms with Gasteiger partial charge in [-0.05, 0) is 30.5 Å². The predicted octanol–water partition coefficient (Wildman–Crippen LogP) is 1.99. The molecule has 0 saturated carbocycles. The molecule has 0 aliphatic carbocycles. The Bertz CT molecular complexity index is 673. The van der Waals surface area contributed by atoms with E-state index in [2.05, 4.69) is 12.2 Å². The van der Waals surface area contributed by atoms with Gasteiger partial charge in [-0.15, -0.1) is 0 Å². The van der Waals surface area contributed by atoms with E-state index in [1.54, 1.807) is 7.11 Å². The molecular formula is C19H30N2O4S. The largest absolute Gasteiger partial charge is 0.497 e. The van der Waals surface area contributed by atoms with Gasteiger partial charge in [0.15, 0.2) is 9.84 Å². The van der Waals surface area contributed by atoms with Crippen molar-refractivity contribution in [3.05, 3.63) is 29.8 Å². The second-order valence-corrected chi connectivity index (χ2v) is 9.10. The lowest BCUT2D eigenvalue weighted by Crippen LogP contribution is -2.43. The smallest absolute Gasteiger partial charge is 0.234 e. The molecule has 2 rings (SSSR count). The number of nitrogens with one attached hydrogen (secondary N) is 1. The van der Waals surface area contributed by atoms with Gasteiger partial charge in [0.05, 0.1) is 25.2 Å². The summed E-state index contributed by atoms with van der Waals surface area (Å²) in [6.07, 6.45) is 3.76. The van der Waals surface area contributed by atoms with Crippen LogP contribution in [0.25, 0.3) is 0 Å². The van der Waals surface area contributed by atoms with Gasteiger partial charge in [0.1, 0.15) is 5.75 Å². The normalized spacial score (nSPS) is 18.8. The van der Waals surface area contributed by atoms with Crippen molar-refractivity contribution < 1.29 is 17.9 Å². The molecule has 0 spiro atoms. The van der Waals surface area contributed by atoms with Gasteiger partial charge in [-0.3, -0.25) is 9.69 Å². The van der Waals surface area contributed by atoms with Crippen molar-refractivity contribution in [3.63, 3.8) is 0 Å². The minimum Gasteiger partial charge on any atom is -0.497 e. The van der Waals surface area contributed by atoms with Crippen LogP contribution in [0.1, 0.15) is 38.2 Å². The first-order chi connectivity index (χ1) is 12.4. The average molecular weight is 383 g/mol. The molecule has 1 aliphatic rings. The lowest BCUT2D eigenvalue weighted by molar-refractivity contribution is -0.122. The van der Waals surface area contributed by atoms with Gasteiger partial charge >= 0.3 is 0 Å². The summed E-state index contributed by atoms with van der Waals surface area (Å²) in [5.41, 5.74) is 1.04. The quantitative estimate of drug-likeness (QED) is 0.627. The monoisotopic (exact) mass is 382 g/mol. The number of sulfone groups is 1. The molecule has 1 atom stereocenters. The highest BCUT2D eigenvalue weighted by molar-refractivity contribution is 7.91. The molecule has 1 aliphatic heterocycles. The molecule has 0 radical (unpaired) electrons. The number of methoxy groups -OCH3 is 1. The Morgan fingerprint density at radius 1 is 1.27 bits per heavy atom. The van der Waals surface area contributed by atoms with Gasteiger partial charge in [-0.2, -0.15) is 0 Å². The average Bonchev–Trinajstić information content (AvgIpc) is 2.99. The third-order valence-electron chi connectivity index (χ3n) is 4.72. The topological polar surface area (TPSA) is 75.7 Å². The molecule has 1 fully saturated rings. The molecule has 1 aromatic rings. The lowest BCUT2D eigenvalue weighted by atomic mass is 10.1. The maximum Gasteiger partial charge on any atom is 0.234 e. The van der Waals surface area contributed by atoms with Crippen molar-refractivity contribution in [2.45, 2.75) is 45.2 Å². The number of hydrogen-bond donors (Lipinski definition) is 1. The van der Waals surface area contributed by atoms with Crippen molar-refractivity contribution in [1.82, 2.24) is 10.2 Å². The van der Waals surface area contributed by atoms with Gasteiger partial charge in [0.2, 0.25) is 5.91 Å². The number of unbranched alkanes of at least 4 members (excludes halogenated alkanes) is 2. The van der Waals surface area contributed by atoms with Gasteiger partial charge in [0.25, 0.3) is 0 Å². The molecule has 146 valence electrons. The van der Waals surface area contributed by atoms with Gasteiger partial charge < -0.3 is 10.1 Å². The molecule has 1 N–H and O–H groups in total. The maximum absolute atomic E-state index is 12.3. The molecular weight excluding hydrogens is 352 g/mol. The number of carbonyl (C=O) groups excluding carboxylic acids is 1. The Kier molecular flexibility index (Phi) is 7.90. The zero-order chi connectivity index (χ0) is 19.0. The predicted molar refractivity (Wildman–Crippen MR) is 103 cm³/mol. The molecule has 6 nitrogen and oxygen atoms in total. The summed E-state index contributed by atoms with van der Waals surface area (Å²) in [6.45, 7) is 3.57. The van der Waals surface area contributed by atoms with Gasteiger partial charge in [0, 0.05) is 19.1 Å². The van der Waals surface area contributed by atoms with Crippen molar-refractivity contribution in [2.75, 3.05) is 31.7 Å². The van der Waals surface area contributed by atoms with E-state index in [0.29, 0.717) is 19.5 Å². The Morgan fingerprint density at radius 2 is 2.00 bits per heavy atom. The molecule has 1 unspecified atom stereocenters. The van der Waals surface area contributed by atoms with Crippen LogP contribution < -0.4 is 10.1 Å². The van der Waals surface area contributed by atoms with Crippen molar-refractivity contribution in [1.29, 1.82) is 0 Å². The van der Waals surface area contributed by atoms with E-state index < -0.39 is 9.84 Å². The third-order valence-corrected chi connectivity index (χ3v) is 6.47. The summed E-state index contributed by atoms with van der Waals surface area (Å²) >= 11 is 0. The molecule has 0 bridgehead atoms. The summed E-state index contributed by atoms with van der Waals surface area (Å²) < 4.78 is 28.9. The fourth-order valence-corrected chi connectivity index (χ4v) is 4.95. The number of nitrogens with zero attached hydrogens (tertiary/aromatic N) is 1. The Hall–Kier alpha value is -1.60. The van der Waals surface area contributed by atoms with Crippen LogP contribution in [-0.4, -0.2) is 57.0 Å². The van der Waals surface area contributed by atoms with Crippen LogP contribution in [0.5, 0.6) is 5.75 Å². The minimum absolute atomic E-state index is 0.0427. The fourth-order valence-electron chi connectivity index (χ4n) is 3.19. The van der Waals surface area contributed by atoms with E-state index >= 15 is 0 Å². The number of ether oxygens (including phenoxy) is 1. The van der Waals surface area contributed by atoms with E-state index in [4.69, 9.17) is 4.74 Å². The Labute approximate surface area is 156 Å². The van der Waals surface area contributed by atoms with Crippen LogP contribution in [0.4, 0.5) is 0 Å².